The molecule has 0 radical (unpaired) electrons. The van der Waals surface area contributed by atoms with Gasteiger partial charge < -0.3 is 14.9 Å². The molecular weight excluding hydrogens is 312 g/mol. The first-order chi connectivity index (χ1) is 10.9. The van der Waals surface area contributed by atoms with Gasteiger partial charge in [-0.15, -0.1) is 11.3 Å². The number of likely N-dealkylation sites (tertiary alicyclic amines) is 1. The fourth-order valence-electron chi connectivity index (χ4n) is 2.82. The van der Waals surface area contributed by atoms with E-state index >= 15 is 0 Å². The summed E-state index contributed by atoms with van der Waals surface area (Å²) in [5.41, 5.74) is 1.23. The van der Waals surface area contributed by atoms with Crippen LogP contribution in [0.3, 0.4) is 0 Å². The molecule has 1 aliphatic heterocycles. The highest BCUT2D eigenvalue weighted by atomic mass is 32.1. The minimum atomic E-state index is -0.301. The van der Waals surface area contributed by atoms with Crippen molar-refractivity contribution in [3.05, 3.63) is 21.4 Å². The molecule has 6 heteroatoms. The lowest BCUT2D eigenvalue weighted by Gasteiger charge is -2.31. The monoisotopic (exact) mass is 338 g/mol. The molecule has 0 bridgehead atoms. The molecule has 1 fully saturated rings. The van der Waals surface area contributed by atoms with Crippen LogP contribution in [0.15, 0.2) is 6.07 Å². The Hall–Kier alpha value is -1.40. The van der Waals surface area contributed by atoms with Crippen LogP contribution in [0.1, 0.15) is 46.3 Å². The zero-order valence-electron chi connectivity index (χ0n) is 14.2. The van der Waals surface area contributed by atoms with Gasteiger partial charge in [0.05, 0.1) is 17.5 Å². The molecule has 0 spiro atoms. The number of aliphatic hydroxyl groups excluding tert-OH is 1. The smallest absolute Gasteiger partial charge is 0.264 e. The highest BCUT2D eigenvalue weighted by molar-refractivity contribution is 7.14. The zero-order valence-corrected chi connectivity index (χ0v) is 15.0. The number of carbonyl (C=O) groups is 2. The standard InChI is InChI=1S/C17H26N2O3S/c1-4-5-13-10-15(23-12(13)2)17(22)18(3)11-16(21)19-8-6-14(20)7-9-19/h10,14,20H,4-9,11H2,1-3H3. The van der Waals surface area contributed by atoms with Gasteiger partial charge in [0, 0.05) is 25.0 Å². The lowest BCUT2D eigenvalue weighted by molar-refractivity contribution is -0.133. The summed E-state index contributed by atoms with van der Waals surface area (Å²) in [5.74, 6) is -0.138. The quantitative estimate of drug-likeness (QED) is 0.894. The second-order valence-corrected chi connectivity index (χ2v) is 7.47. The van der Waals surface area contributed by atoms with Crippen molar-refractivity contribution < 1.29 is 14.7 Å². The van der Waals surface area contributed by atoms with E-state index in [4.69, 9.17) is 0 Å². The maximum absolute atomic E-state index is 12.5. The molecule has 0 atom stereocenters. The Balaban J connectivity index is 1.94. The number of piperidine rings is 1. The van der Waals surface area contributed by atoms with Gasteiger partial charge in [-0.05, 0) is 37.8 Å². The van der Waals surface area contributed by atoms with Crippen molar-refractivity contribution in [1.29, 1.82) is 0 Å². The van der Waals surface area contributed by atoms with Gasteiger partial charge >= 0.3 is 0 Å². The summed E-state index contributed by atoms with van der Waals surface area (Å²) in [6, 6.07) is 1.96. The Kier molecular flexibility index (Phi) is 6.18. The van der Waals surface area contributed by atoms with Crippen LogP contribution < -0.4 is 0 Å². The Morgan fingerprint density at radius 3 is 2.65 bits per heavy atom. The van der Waals surface area contributed by atoms with Crippen LogP contribution in [0.5, 0.6) is 0 Å². The highest BCUT2D eigenvalue weighted by Crippen LogP contribution is 2.24. The predicted octanol–water partition coefficient (Wildman–Crippen LogP) is 2.06. The maximum atomic E-state index is 12.5. The van der Waals surface area contributed by atoms with Gasteiger partial charge in [-0.2, -0.15) is 0 Å². The number of aliphatic hydroxyl groups is 1. The number of amides is 2. The van der Waals surface area contributed by atoms with E-state index in [0.29, 0.717) is 30.8 Å². The maximum Gasteiger partial charge on any atom is 0.264 e. The van der Waals surface area contributed by atoms with E-state index in [1.165, 1.54) is 26.7 Å². The first-order valence-electron chi connectivity index (χ1n) is 8.23. The summed E-state index contributed by atoms with van der Waals surface area (Å²) in [4.78, 5) is 29.9. The van der Waals surface area contributed by atoms with E-state index in [2.05, 4.69) is 6.92 Å². The van der Waals surface area contributed by atoms with Gasteiger partial charge in [-0.25, -0.2) is 0 Å². The molecule has 0 unspecified atom stereocenters. The van der Waals surface area contributed by atoms with Crippen LogP contribution in [0.4, 0.5) is 0 Å². The van der Waals surface area contributed by atoms with E-state index < -0.39 is 0 Å². The van der Waals surface area contributed by atoms with Crippen LogP contribution >= 0.6 is 11.3 Å². The third-order valence-electron chi connectivity index (χ3n) is 4.29. The third kappa shape index (κ3) is 4.54. The SMILES string of the molecule is CCCc1cc(C(=O)N(C)CC(=O)N2CCC(O)CC2)sc1C. The van der Waals surface area contributed by atoms with Gasteiger partial charge in [0.25, 0.3) is 5.91 Å². The Bertz CT molecular complexity index is 562. The van der Waals surface area contributed by atoms with Crippen molar-refractivity contribution >= 4 is 23.2 Å². The summed E-state index contributed by atoms with van der Waals surface area (Å²) in [6.07, 6.45) is 2.97. The van der Waals surface area contributed by atoms with E-state index in [1.54, 1.807) is 11.9 Å². The Labute approximate surface area is 141 Å². The lowest BCUT2D eigenvalue weighted by Crippen LogP contribution is -2.45. The van der Waals surface area contributed by atoms with Crippen molar-refractivity contribution in [2.75, 3.05) is 26.7 Å². The number of hydrogen-bond donors (Lipinski definition) is 1. The van der Waals surface area contributed by atoms with E-state index in [0.717, 1.165) is 12.8 Å². The molecule has 1 saturated heterocycles. The number of thiophene rings is 1. The topological polar surface area (TPSA) is 60.9 Å². The average molecular weight is 338 g/mol. The molecule has 2 rings (SSSR count). The minimum Gasteiger partial charge on any atom is -0.393 e. The van der Waals surface area contributed by atoms with Crippen LogP contribution in [-0.4, -0.2) is 59.5 Å². The fourth-order valence-corrected chi connectivity index (χ4v) is 3.89. The van der Waals surface area contributed by atoms with Crippen molar-refractivity contribution in [3.63, 3.8) is 0 Å². The van der Waals surface area contributed by atoms with Crippen molar-refractivity contribution in [3.8, 4) is 0 Å². The third-order valence-corrected chi connectivity index (χ3v) is 5.37. The van der Waals surface area contributed by atoms with Crippen LogP contribution in [-0.2, 0) is 11.2 Å². The molecule has 1 aromatic heterocycles. The number of aryl methyl sites for hydroxylation is 2. The van der Waals surface area contributed by atoms with Crippen molar-refractivity contribution in [2.24, 2.45) is 0 Å². The van der Waals surface area contributed by atoms with Crippen molar-refractivity contribution in [2.45, 2.75) is 45.6 Å². The van der Waals surface area contributed by atoms with Crippen molar-refractivity contribution in [1.82, 2.24) is 9.80 Å². The molecule has 0 saturated carbocycles. The Morgan fingerprint density at radius 1 is 1.39 bits per heavy atom. The second kappa shape index (κ2) is 7.93. The first kappa shape index (κ1) is 17.9. The van der Waals surface area contributed by atoms with Crippen LogP contribution in [0.2, 0.25) is 0 Å². The molecule has 2 amide bonds. The molecule has 0 aromatic carbocycles. The van der Waals surface area contributed by atoms with E-state index in [9.17, 15) is 14.7 Å². The summed E-state index contributed by atoms with van der Waals surface area (Å²) in [7, 11) is 1.67. The Morgan fingerprint density at radius 2 is 2.04 bits per heavy atom. The fraction of sp³-hybridized carbons (Fsp3) is 0.647. The molecular formula is C17H26N2O3S. The van der Waals surface area contributed by atoms with E-state index in [-0.39, 0.29) is 24.5 Å². The first-order valence-corrected chi connectivity index (χ1v) is 9.04. The largest absolute Gasteiger partial charge is 0.393 e. The normalized spacial score (nSPS) is 15.7. The molecule has 2 heterocycles. The number of nitrogens with zero attached hydrogens (tertiary/aromatic N) is 2. The zero-order chi connectivity index (χ0) is 17.0. The van der Waals surface area contributed by atoms with Gasteiger partial charge in [0.1, 0.15) is 0 Å². The summed E-state index contributed by atoms with van der Waals surface area (Å²) < 4.78 is 0. The predicted molar refractivity (Wildman–Crippen MR) is 91.8 cm³/mol. The summed E-state index contributed by atoms with van der Waals surface area (Å²) in [6.45, 7) is 5.39. The molecule has 0 aliphatic carbocycles. The highest BCUT2D eigenvalue weighted by Gasteiger charge is 2.24. The molecule has 23 heavy (non-hydrogen) atoms. The van der Waals surface area contributed by atoms with Gasteiger partial charge in [-0.3, -0.25) is 9.59 Å². The molecule has 128 valence electrons. The van der Waals surface area contributed by atoms with Gasteiger partial charge in [0.2, 0.25) is 5.91 Å². The summed E-state index contributed by atoms with van der Waals surface area (Å²) >= 11 is 1.50. The number of carbonyl (C=O) groups excluding carboxylic acids is 2. The molecule has 5 nitrogen and oxygen atoms in total. The van der Waals surface area contributed by atoms with Crippen LogP contribution in [0.25, 0.3) is 0 Å². The van der Waals surface area contributed by atoms with E-state index in [1.807, 2.05) is 13.0 Å². The molecule has 1 N–H and O–H groups in total. The average Bonchev–Trinajstić information content (AvgIpc) is 2.88. The number of likely N-dealkylation sites (N-methyl/N-ethyl adjacent to an activating group) is 1. The number of hydrogen-bond acceptors (Lipinski definition) is 4. The van der Waals surface area contributed by atoms with Crippen LogP contribution in [0, 0.1) is 6.92 Å². The summed E-state index contributed by atoms with van der Waals surface area (Å²) in [5, 5.41) is 9.50. The molecule has 1 aromatic rings. The number of rotatable bonds is 5. The van der Waals surface area contributed by atoms with Gasteiger partial charge in [0.15, 0.2) is 0 Å². The second-order valence-electron chi connectivity index (χ2n) is 6.22. The minimum absolute atomic E-state index is 0.0465. The lowest BCUT2D eigenvalue weighted by atomic mass is 10.1. The van der Waals surface area contributed by atoms with Gasteiger partial charge in [-0.1, -0.05) is 13.3 Å². The molecule has 1 aliphatic rings.